The highest BCUT2D eigenvalue weighted by Crippen LogP contribution is 2.35. The number of benzene rings is 1. The molecule has 0 radical (unpaired) electrons. The monoisotopic (exact) mass is 360 g/mol. The zero-order valence-electron chi connectivity index (χ0n) is 14.7. The average molecular weight is 360 g/mol. The van der Waals surface area contributed by atoms with Crippen LogP contribution in [0.3, 0.4) is 0 Å². The summed E-state index contributed by atoms with van der Waals surface area (Å²) in [7, 11) is 0. The molecule has 25 heavy (non-hydrogen) atoms. The standard InChI is InChI=1S/C18H24N4O2S/c1-13(23)21-7-9-22(10-8-21)16(24)14-4-3-5-15(12-14)18(2)6-11-25-17(19)20-18/h3-5,12H,6-11H2,1-2H3,(H2,19,20). The highest BCUT2D eigenvalue weighted by Gasteiger charge is 2.30. The third-order valence-electron chi connectivity index (χ3n) is 4.94. The van der Waals surface area contributed by atoms with Gasteiger partial charge in [-0.05, 0) is 31.0 Å². The van der Waals surface area contributed by atoms with E-state index in [0.29, 0.717) is 36.9 Å². The Hall–Kier alpha value is -2.02. The van der Waals surface area contributed by atoms with Crippen molar-refractivity contribution in [2.24, 2.45) is 10.7 Å². The van der Waals surface area contributed by atoms with Crippen molar-refractivity contribution in [1.82, 2.24) is 9.80 Å². The van der Waals surface area contributed by atoms with Gasteiger partial charge >= 0.3 is 0 Å². The van der Waals surface area contributed by atoms with E-state index in [1.54, 1.807) is 23.6 Å². The Labute approximate surface area is 152 Å². The molecule has 2 N–H and O–H groups in total. The molecule has 1 saturated heterocycles. The molecule has 0 saturated carbocycles. The second-order valence-electron chi connectivity index (χ2n) is 6.70. The first-order valence-corrected chi connectivity index (χ1v) is 9.51. The summed E-state index contributed by atoms with van der Waals surface area (Å²) in [6.07, 6.45) is 0.896. The molecule has 6 nitrogen and oxygen atoms in total. The van der Waals surface area contributed by atoms with E-state index in [2.05, 4.69) is 11.9 Å². The van der Waals surface area contributed by atoms with Gasteiger partial charge in [0.1, 0.15) is 0 Å². The van der Waals surface area contributed by atoms with E-state index in [1.807, 2.05) is 29.2 Å². The molecule has 1 atom stereocenters. The summed E-state index contributed by atoms with van der Waals surface area (Å²) in [6.45, 7) is 5.96. The van der Waals surface area contributed by atoms with E-state index >= 15 is 0 Å². The minimum absolute atomic E-state index is 0.00999. The second kappa shape index (κ2) is 7.07. The molecule has 134 valence electrons. The lowest BCUT2D eigenvalue weighted by Crippen LogP contribution is -2.50. The zero-order chi connectivity index (χ0) is 18.0. The number of carbonyl (C=O) groups is 2. The van der Waals surface area contributed by atoms with Crippen molar-refractivity contribution in [3.05, 3.63) is 35.4 Å². The van der Waals surface area contributed by atoms with Gasteiger partial charge in [-0.15, -0.1) is 0 Å². The van der Waals surface area contributed by atoms with Gasteiger partial charge in [-0.3, -0.25) is 14.6 Å². The van der Waals surface area contributed by atoms with Crippen LogP contribution in [-0.2, 0) is 10.3 Å². The van der Waals surface area contributed by atoms with Gasteiger partial charge in [0.05, 0.1) is 5.54 Å². The van der Waals surface area contributed by atoms with Crippen LogP contribution in [0.1, 0.15) is 36.2 Å². The van der Waals surface area contributed by atoms with E-state index in [9.17, 15) is 9.59 Å². The fourth-order valence-electron chi connectivity index (χ4n) is 3.29. The van der Waals surface area contributed by atoms with E-state index < -0.39 is 0 Å². The Balaban J connectivity index is 1.77. The Morgan fingerprint density at radius 1 is 1.20 bits per heavy atom. The van der Waals surface area contributed by atoms with Gasteiger partial charge < -0.3 is 15.5 Å². The molecule has 7 heteroatoms. The maximum atomic E-state index is 12.8. The quantitative estimate of drug-likeness (QED) is 0.870. The minimum atomic E-state index is -0.376. The summed E-state index contributed by atoms with van der Waals surface area (Å²) in [5.41, 5.74) is 7.22. The Morgan fingerprint density at radius 2 is 1.88 bits per heavy atom. The fourth-order valence-corrected chi connectivity index (χ4v) is 4.26. The van der Waals surface area contributed by atoms with Crippen LogP contribution in [0.4, 0.5) is 0 Å². The molecule has 2 aliphatic rings. The number of carbonyl (C=O) groups excluding carboxylic acids is 2. The molecule has 2 heterocycles. The largest absolute Gasteiger partial charge is 0.379 e. The highest BCUT2D eigenvalue weighted by molar-refractivity contribution is 8.13. The molecule has 2 aliphatic heterocycles. The van der Waals surface area contributed by atoms with E-state index in [-0.39, 0.29) is 17.4 Å². The van der Waals surface area contributed by atoms with Crippen LogP contribution >= 0.6 is 11.8 Å². The number of rotatable bonds is 2. The van der Waals surface area contributed by atoms with Gasteiger partial charge in [0.25, 0.3) is 5.91 Å². The van der Waals surface area contributed by atoms with Gasteiger partial charge in [0, 0.05) is 44.4 Å². The lowest BCUT2D eigenvalue weighted by atomic mass is 9.88. The molecule has 0 aromatic heterocycles. The van der Waals surface area contributed by atoms with Gasteiger partial charge in [-0.2, -0.15) is 0 Å². The number of piperazine rings is 1. The lowest BCUT2D eigenvalue weighted by Gasteiger charge is -2.34. The Bertz CT molecular complexity index is 713. The maximum Gasteiger partial charge on any atom is 0.253 e. The molecule has 1 unspecified atom stereocenters. The number of amidine groups is 1. The number of hydrogen-bond donors (Lipinski definition) is 1. The smallest absolute Gasteiger partial charge is 0.253 e. The first kappa shape index (κ1) is 17.8. The first-order chi connectivity index (χ1) is 11.9. The van der Waals surface area contributed by atoms with Crippen LogP contribution in [0.2, 0.25) is 0 Å². The van der Waals surface area contributed by atoms with Gasteiger partial charge in [-0.1, -0.05) is 23.9 Å². The summed E-state index contributed by atoms with van der Waals surface area (Å²) in [5, 5.41) is 0.603. The minimum Gasteiger partial charge on any atom is -0.379 e. The maximum absolute atomic E-state index is 12.8. The Morgan fingerprint density at radius 3 is 2.52 bits per heavy atom. The van der Waals surface area contributed by atoms with Crippen LogP contribution in [-0.4, -0.2) is 58.7 Å². The molecule has 1 fully saturated rings. The second-order valence-corrected chi connectivity index (χ2v) is 7.82. The molecule has 2 amide bonds. The summed E-state index contributed by atoms with van der Waals surface area (Å²) < 4.78 is 0. The number of aliphatic imine (C=N–C) groups is 1. The number of hydrogen-bond acceptors (Lipinski definition) is 5. The normalized spacial score (nSPS) is 24.0. The van der Waals surface area contributed by atoms with E-state index in [4.69, 9.17) is 5.73 Å². The molecular weight excluding hydrogens is 336 g/mol. The fraction of sp³-hybridized carbons (Fsp3) is 0.500. The van der Waals surface area contributed by atoms with Gasteiger partial charge in [0.15, 0.2) is 5.17 Å². The summed E-state index contributed by atoms with van der Waals surface area (Å²) in [4.78, 5) is 32.5. The molecule has 0 spiro atoms. The predicted octanol–water partition coefficient (Wildman–Crippen LogP) is 1.66. The third kappa shape index (κ3) is 3.81. The van der Waals surface area contributed by atoms with Gasteiger partial charge in [-0.25, -0.2) is 0 Å². The van der Waals surface area contributed by atoms with Crippen molar-refractivity contribution in [2.75, 3.05) is 31.9 Å². The first-order valence-electron chi connectivity index (χ1n) is 8.52. The Kier molecular flexibility index (Phi) is 5.03. The molecule has 0 aliphatic carbocycles. The lowest BCUT2D eigenvalue weighted by molar-refractivity contribution is -0.130. The molecule has 1 aromatic carbocycles. The topological polar surface area (TPSA) is 79.0 Å². The molecule has 0 bridgehead atoms. The van der Waals surface area contributed by atoms with Crippen LogP contribution in [0.25, 0.3) is 0 Å². The summed E-state index contributed by atoms with van der Waals surface area (Å²) in [5.74, 6) is 1.00. The van der Waals surface area contributed by atoms with Gasteiger partial charge in [0.2, 0.25) is 5.91 Å². The zero-order valence-corrected chi connectivity index (χ0v) is 15.5. The van der Waals surface area contributed by atoms with E-state index in [1.165, 1.54) is 0 Å². The van der Waals surface area contributed by atoms with Crippen LogP contribution in [0.15, 0.2) is 29.3 Å². The third-order valence-corrected chi connectivity index (χ3v) is 5.73. The van der Waals surface area contributed by atoms with Crippen molar-refractivity contribution >= 4 is 28.7 Å². The average Bonchev–Trinajstić information content (AvgIpc) is 2.61. The highest BCUT2D eigenvalue weighted by atomic mass is 32.2. The molecular formula is C18H24N4O2S. The number of thioether (sulfide) groups is 1. The van der Waals surface area contributed by atoms with Crippen molar-refractivity contribution in [2.45, 2.75) is 25.8 Å². The number of amides is 2. The molecule has 1 aromatic rings. The predicted molar refractivity (Wildman–Crippen MR) is 101 cm³/mol. The van der Waals surface area contributed by atoms with Crippen molar-refractivity contribution in [3.63, 3.8) is 0 Å². The van der Waals surface area contributed by atoms with Crippen molar-refractivity contribution in [3.8, 4) is 0 Å². The SMILES string of the molecule is CC(=O)N1CCN(C(=O)c2cccc(C3(C)CCSC(N)=N3)c2)CC1. The summed E-state index contributed by atoms with van der Waals surface area (Å²) in [6, 6.07) is 7.70. The van der Waals surface area contributed by atoms with E-state index in [0.717, 1.165) is 17.7 Å². The molecule has 3 rings (SSSR count). The van der Waals surface area contributed by atoms with Crippen molar-refractivity contribution < 1.29 is 9.59 Å². The summed E-state index contributed by atoms with van der Waals surface area (Å²) >= 11 is 1.57. The number of nitrogens with two attached hydrogens (primary N) is 1. The van der Waals surface area contributed by atoms with Crippen LogP contribution < -0.4 is 5.73 Å². The van der Waals surface area contributed by atoms with Crippen LogP contribution in [0, 0.1) is 0 Å². The van der Waals surface area contributed by atoms with Crippen molar-refractivity contribution in [1.29, 1.82) is 0 Å². The number of nitrogens with zero attached hydrogens (tertiary/aromatic N) is 3. The van der Waals surface area contributed by atoms with Crippen LogP contribution in [0.5, 0.6) is 0 Å².